The third-order valence-electron chi connectivity index (χ3n) is 6.35. The minimum absolute atomic E-state index is 0.0480. The van der Waals surface area contributed by atoms with Crippen molar-refractivity contribution in [1.82, 2.24) is 9.80 Å². The molecule has 3 rings (SSSR count). The maximum atomic E-state index is 12.9. The van der Waals surface area contributed by atoms with Gasteiger partial charge >= 0.3 is 6.09 Å². The van der Waals surface area contributed by atoms with E-state index >= 15 is 0 Å². The topological polar surface area (TPSA) is 69.7 Å². The molecule has 2 aromatic rings. The number of ether oxygens (including phenoxy) is 5. The fraction of sp³-hybridized carbons (Fsp3) is 0.581. The van der Waals surface area contributed by atoms with Gasteiger partial charge in [-0.2, -0.15) is 0 Å². The van der Waals surface area contributed by atoms with Crippen molar-refractivity contribution in [3.63, 3.8) is 0 Å². The van der Waals surface area contributed by atoms with E-state index in [0.717, 1.165) is 18.7 Å². The molecule has 0 N–H and O–H groups in total. The summed E-state index contributed by atoms with van der Waals surface area (Å²) in [6.45, 7) is 14.1. The highest BCUT2D eigenvalue weighted by molar-refractivity contribution is 5.68. The van der Waals surface area contributed by atoms with Gasteiger partial charge in [0.1, 0.15) is 5.60 Å². The van der Waals surface area contributed by atoms with Crippen molar-refractivity contribution >= 4 is 6.09 Å². The van der Waals surface area contributed by atoms with Crippen molar-refractivity contribution in [2.75, 3.05) is 59.3 Å². The molecule has 1 aliphatic heterocycles. The Morgan fingerprint density at radius 1 is 0.769 bits per heavy atom. The van der Waals surface area contributed by atoms with Gasteiger partial charge in [0.15, 0.2) is 0 Å². The molecule has 8 nitrogen and oxygen atoms in total. The molecule has 0 aliphatic carbocycles. The van der Waals surface area contributed by atoms with E-state index in [4.69, 9.17) is 23.7 Å². The van der Waals surface area contributed by atoms with Gasteiger partial charge < -0.3 is 28.6 Å². The Bertz CT molecular complexity index is 937. The summed E-state index contributed by atoms with van der Waals surface area (Å²) in [6.07, 6.45) is -0.270. The molecule has 0 aromatic heterocycles. The first-order valence-electron chi connectivity index (χ1n) is 13.9. The van der Waals surface area contributed by atoms with Crippen molar-refractivity contribution in [3.8, 4) is 0 Å². The number of hydrogen-bond donors (Lipinski definition) is 0. The van der Waals surface area contributed by atoms with Crippen LogP contribution in [-0.2, 0) is 36.8 Å². The summed E-state index contributed by atoms with van der Waals surface area (Å²) in [7, 11) is 0. The first kappa shape index (κ1) is 31.0. The molecule has 0 saturated carbocycles. The normalized spacial score (nSPS) is 18.3. The zero-order valence-electron chi connectivity index (χ0n) is 24.1. The number of benzene rings is 2. The molecule has 216 valence electrons. The Labute approximate surface area is 234 Å². The van der Waals surface area contributed by atoms with E-state index in [-0.39, 0.29) is 18.2 Å². The lowest BCUT2D eigenvalue weighted by molar-refractivity contribution is -0.0435. The number of nitrogens with zero attached hydrogens (tertiary/aromatic N) is 2. The van der Waals surface area contributed by atoms with Gasteiger partial charge in [0.2, 0.25) is 0 Å². The molecule has 0 spiro atoms. The summed E-state index contributed by atoms with van der Waals surface area (Å²) in [4.78, 5) is 17.1. The van der Waals surface area contributed by atoms with Crippen molar-refractivity contribution in [2.24, 2.45) is 0 Å². The lowest BCUT2D eigenvalue weighted by Crippen LogP contribution is -2.60. The Hall–Kier alpha value is -2.49. The van der Waals surface area contributed by atoms with Crippen LogP contribution in [0.4, 0.5) is 4.79 Å². The monoisotopic (exact) mass is 542 g/mol. The highest BCUT2D eigenvalue weighted by Gasteiger charge is 2.36. The molecular formula is C31H46N2O6. The van der Waals surface area contributed by atoms with Crippen molar-refractivity contribution in [3.05, 3.63) is 71.8 Å². The van der Waals surface area contributed by atoms with Crippen LogP contribution in [0.25, 0.3) is 0 Å². The van der Waals surface area contributed by atoms with E-state index in [1.807, 2.05) is 62.1 Å². The molecule has 1 heterocycles. The largest absolute Gasteiger partial charge is 0.444 e. The van der Waals surface area contributed by atoms with Gasteiger partial charge in [0, 0.05) is 25.7 Å². The predicted octanol–water partition coefficient (Wildman–Crippen LogP) is 4.76. The van der Waals surface area contributed by atoms with Gasteiger partial charge in [0.05, 0.1) is 58.9 Å². The molecule has 0 bridgehead atoms. The molecule has 1 aliphatic rings. The first-order chi connectivity index (χ1) is 18.8. The maximum Gasteiger partial charge on any atom is 0.410 e. The standard InChI is InChI=1S/C31H46N2O6/c1-26-21-32(22-27-11-7-5-8-12-27)29(23-33(26)30(34)39-31(2,3)4)25-38-20-18-36-16-15-35-17-19-37-24-28-13-9-6-10-14-28/h5-14,26,29H,15-25H2,1-4H3/t26-,29-/m1/s1. The predicted molar refractivity (Wildman–Crippen MR) is 152 cm³/mol. The maximum absolute atomic E-state index is 12.9. The van der Waals surface area contributed by atoms with Crippen molar-refractivity contribution in [1.29, 1.82) is 0 Å². The van der Waals surface area contributed by atoms with E-state index in [1.165, 1.54) is 5.56 Å². The summed E-state index contributed by atoms with van der Waals surface area (Å²) in [5.74, 6) is 0. The fourth-order valence-corrected chi connectivity index (χ4v) is 4.40. The number of carbonyl (C=O) groups excluding carboxylic acids is 1. The summed E-state index contributed by atoms with van der Waals surface area (Å²) >= 11 is 0. The average Bonchev–Trinajstić information content (AvgIpc) is 2.90. The summed E-state index contributed by atoms with van der Waals surface area (Å²) in [5, 5.41) is 0. The van der Waals surface area contributed by atoms with E-state index in [1.54, 1.807) is 0 Å². The molecule has 2 aromatic carbocycles. The minimum atomic E-state index is -0.528. The Kier molecular flexibility index (Phi) is 13.2. The van der Waals surface area contributed by atoms with Crippen LogP contribution in [0.2, 0.25) is 0 Å². The third kappa shape index (κ3) is 12.1. The van der Waals surface area contributed by atoms with E-state index in [0.29, 0.717) is 59.4 Å². The Morgan fingerprint density at radius 3 is 1.90 bits per heavy atom. The minimum Gasteiger partial charge on any atom is -0.444 e. The van der Waals surface area contributed by atoms with Crippen LogP contribution in [0.3, 0.4) is 0 Å². The highest BCUT2D eigenvalue weighted by atomic mass is 16.6. The van der Waals surface area contributed by atoms with Crippen molar-refractivity contribution < 1.29 is 28.5 Å². The van der Waals surface area contributed by atoms with Gasteiger partial charge in [-0.3, -0.25) is 4.90 Å². The average molecular weight is 543 g/mol. The Balaban J connectivity index is 1.33. The molecule has 0 unspecified atom stereocenters. The quantitative estimate of drug-likeness (QED) is 0.301. The van der Waals surface area contributed by atoms with Crippen LogP contribution in [0.1, 0.15) is 38.8 Å². The lowest BCUT2D eigenvalue weighted by Gasteiger charge is -2.45. The second kappa shape index (κ2) is 16.6. The molecule has 39 heavy (non-hydrogen) atoms. The van der Waals surface area contributed by atoms with Gasteiger partial charge in [-0.25, -0.2) is 4.79 Å². The molecule has 0 radical (unpaired) electrons. The van der Waals surface area contributed by atoms with Crippen LogP contribution < -0.4 is 0 Å². The molecule has 1 amide bonds. The zero-order valence-corrected chi connectivity index (χ0v) is 24.1. The van der Waals surface area contributed by atoms with Gasteiger partial charge in [-0.1, -0.05) is 60.7 Å². The van der Waals surface area contributed by atoms with Crippen LogP contribution >= 0.6 is 0 Å². The summed E-state index contributed by atoms with van der Waals surface area (Å²) in [6, 6.07) is 20.6. The number of rotatable bonds is 15. The number of hydrogen-bond acceptors (Lipinski definition) is 7. The van der Waals surface area contributed by atoms with Crippen LogP contribution in [0, 0.1) is 0 Å². The molecular weight excluding hydrogens is 496 g/mol. The SMILES string of the molecule is C[C@@H]1CN(Cc2ccccc2)[C@@H](COCCOCCOCCOCc2ccccc2)CN1C(=O)OC(C)(C)C. The summed E-state index contributed by atoms with van der Waals surface area (Å²) < 4.78 is 28.5. The lowest BCUT2D eigenvalue weighted by atomic mass is 10.1. The van der Waals surface area contributed by atoms with Crippen LogP contribution in [0.15, 0.2) is 60.7 Å². The van der Waals surface area contributed by atoms with E-state index < -0.39 is 5.60 Å². The second-order valence-corrected chi connectivity index (χ2v) is 10.9. The van der Waals surface area contributed by atoms with Crippen LogP contribution in [-0.4, -0.2) is 92.9 Å². The number of piperazine rings is 1. The summed E-state index contributed by atoms with van der Waals surface area (Å²) in [5.41, 5.74) is 1.87. The number of amides is 1. The highest BCUT2D eigenvalue weighted by Crippen LogP contribution is 2.21. The number of carbonyl (C=O) groups is 1. The molecule has 8 heteroatoms. The molecule has 2 atom stereocenters. The molecule has 1 saturated heterocycles. The van der Waals surface area contributed by atoms with E-state index in [9.17, 15) is 4.79 Å². The van der Waals surface area contributed by atoms with Gasteiger partial charge in [-0.05, 0) is 38.8 Å². The van der Waals surface area contributed by atoms with Crippen LogP contribution in [0.5, 0.6) is 0 Å². The first-order valence-corrected chi connectivity index (χ1v) is 13.9. The van der Waals surface area contributed by atoms with Gasteiger partial charge in [0.25, 0.3) is 0 Å². The van der Waals surface area contributed by atoms with E-state index in [2.05, 4.69) is 36.1 Å². The Morgan fingerprint density at radius 2 is 1.31 bits per heavy atom. The zero-order chi connectivity index (χ0) is 27.9. The van der Waals surface area contributed by atoms with Crippen molar-refractivity contribution in [2.45, 2.75) is 58.5 Å². The smallest absolute Gasteiger partial charge is 0.410 e. The molecule has 1 fully saturated rings. The second-order valence-electron chi connectivity index (χ2n) is 10.9. The van der Waals surface area contributed by atoms with Gasteiger partial charge in [-0.15, -0.1) is 0 Å². The fourth-order valence-electron chi connectivity index (χ4n) is 4.40. The third-order valence-corrected chi connectivity index (χ3v) is 6.35.